The highest BCUT2D eigenvalue weighted by Gasteiger charge is 2.35. The van der Waals surface area contributed by atoms with Crippen molar-refractivity contribution < 1.29 is 18.3 Å². The van der Waals surface area contributed by atoms with Crippen LogP contribution in [0.15, 0.2) is 12.7 Å². The van der Waals surface area contributed by atoms with E-state index in [1.807, 2.05) is 0 Å². The summed E-state index contributed by atoms with van der Waals surface area (Å²) in [4.78, 5) is 8.87. The van der Waals surface area contributed by atoms with Crippen molar-refractivity contribution in [1.29, 1.82) is 0 Å². The predicted molar refractivity (Wildman–Crippen MR) is 42.7 cm³/mol. The molecule has 0 spiro atoms. The quantitative estimate of drug-likeness (QED) is 0.360. The van der Waals surface area contributed by atoms with E-state index in [-0.39, 0.29) is 6.42 Å². The first-order valence-corrected chi connectivity index (χ1v) is 4.14. The lowest BCUT2D eigenvalue weighted by Crippen LogP contribution is -2.52. The zero-order valence-corrected chi connectivity index (χ0v) is 7.43. The van der Waals surface area contributed by atoms with Crippen LogP contribution in [0.2, 0.25) is 0 Å². The monoisotopic (exact) mass is 192 g/mol. The summed E-state index contributed by atoms with van der Waals surface area (Å²) in [7, 11) is 1.07. The molecule has 0 saturated carbocycles. The Morgan fingerprint density at radius 3 is 2.67 bits per heavy atom. The van der Waals surface area contributed by atoms with Crippen LogP contribution in [0.5, 0.6) is 0 Å². The van der Waals surface area contributed by atoms with Crippen LogP contribution >= 0.6 is 0 Å². The van der Waals surface area contributed by atoms with Gasteiger partial charge in [-0.3, -0.25) is 4.21 Å². The van der Waals surface area contributed by atoms with E-state index >= 15 is 0 Å². The Morgan fingerprint density at radius 1 is 1.92 bits per heavy atom. The standard InChI is InChI=1S/C6H11NO4S/c1-3-4-6(7,12(9)10)5(8)11-2/h3H,1,4,7H2,2H3,(H,9,10)/p-1. The summed E-state index contributed by atoms with van der Waals surface area (Å²) in [6.07, 6.45) is 1.07. The first-order valence-electron chi connectivity index (χ1n) is 3.06. The molecule has 0 aromatic heterocycles. The summed E-state index contributed by atoms with van der Waals surface area (Å²) in [6.45, 7) is 3.28. The van der Waals surface area contributed by atoms with E-state index in [9.17, 15) is 13.6 Å². The van der Waals surface area contributed by atoms with E-state index in [0.717, 1.165) is 7.11 Å². The molecule has 2 N–H and O–H groups in total. The van der Waals surface area contributed by atoms with Crippen molar-refractivity contribution in [2.75, 3.05) is 7.11 Å². The summed E-state index contributed by atoms with van der Waals surface area (Å²) in [6, 6.07) is 0. The third-order valence-corrected chi connectivity index (χ3v) is 2.20. The Bertz CT molecular complexity index is 218. The number of carbonyl (C=O) groups excluding carboxylic acids is 1. The molecule has 12 heavy (non-hydrogen) atoms. The normalized spacial score (nSPS) is 17.6. The average molecular weight is 192 g/mol. The van der Waals surface area contributed by atoms with Crippen molar-refractivity contribution in [3.05, 3.63) is 12.7 Å². The van der Waals surface area contributed by atoms with E-state index in [0.29, 0.717) is 0 Å². The molecule has 2 atom stereocenters. The van der Waals surface area contributed by atoms with Gasteiger partial charge in [-0.25, -0.2) is 4.79 Å². The predicted octanol–water partition coefficient (Wildman–Crippen LogP) is -0.730. The summed E-state index contributed by atoms with van der Waals surface area (Å²) in [5.74, 6) is -0.990. The van der Waals surface area contributed by atoms with Crippen LogP contribution < -0.4 is 5.73 Å². The van der Waals surface area contributed by atoms with Crippen molar-refractivity contribution in [2.45, 2.75) is 11.3 Å². The largest absolute Gasteiger partial charge is 0.770 e. The number of hydrogen-bond donors (Lipinski definition) is 1. The lowest BCUT2D eigenvalue weighted by Gasteiger charge is -2.27. The van der Waals surface area contributed by atoms with E-state index in [1.165, 1.54) is 6.08 Å². The number of nitrogens with two attached hydrogens (primary N) is 1. The topological polar surface area (TPSA) is 92.5 Å². The highest BCUT2D eigenvalue weighted by Crippen LogP contribution is 2.12. The first kappa shape index (κ1) is 11.3. The number of rotatable bonds is 4. The molecule has 2 unspecified atom stereocenters. The molecule has 6 heteroatoms. The minimum Gasteiger partial charge on any atom is -0.770 e. The van der Waals surface area contributed by atoms with Crippen molar-refractivity contribution in [1.82, 2.24) is 0 Å². The summed E-state index contributed by atoms with van der Waals surface area (Å²) in [5.41, 5.74) is 5.25. The average Bonchev–Trinajstić information content (AvgIpc) is 2.03. The SMILES string of the molecule is C=CCC(N)(C(=O)OC)S(=O)[O-]. The summed E-state index contributed by atoms with van der Waals surface area (Å²) >= 11 is -2.72. The number of ether oxygens (including phenoxy) is 1. The van der Waals surface area contributed by atoms with Gasteiger partial charge >= 0.3 is 5.97 Å². The summed E-state index contributed by atoms with van der Waals surface area (Å²) < 4.78 is 25.3. The van der Waals surface area contributed by atoms with Gasteiger partial charge < -0.3 is 15.0 Å². The van der Waals surface area contributed by atoms with Crippen LogP contribution in [0.25, 0.3) is 0 Å². The molecule has 0 amide bonds. The zero-order chi connectivity index (χ0) is 9.78. The fraction of sp³-hybridized carbons (Fsp3) is 0.500. The maximum Gasteiger partial charge on any atom is 0.338 e. The highest BCUT2D eigenvalue weighted by atomic mass is 32.2. The number of esters is 1. The third-order valence-electron chi connectivity index (χ3n) is 1.28. The van der Waals surface area contributed by atoms with Gasteiger partial charge in [-0.2, -0.15) is 0 Å². The second-order valence-corrected chi connectivity index (χ2v) is 3.31. The van der Waals surface area contributed by atoms with Gasteiger partial charge in [0, 0.05) is 6.42 Å². The van der Waals surface area contributed by atoms with Gasteiger partial charge in [0.15, 0.2) is 4.87 Å². The molecule has 0 aliphatic heterocycles. The van der Waals surface area contributed by atoms with Gasteiger partial charge in [-0.1, -0.05) is 6.08 Å². The van der Waals surface area contributed by atoms with Gasteiger partial charge in [0.1, 0.15) is 0 Å². The Balaban J connectivity index is 4.72. The van der Waals surface area contributed by atoms with Crippen molar-refractivity contribution in [3.63, 3.8) is 0 Å². The third kappa shape index (κ3) is 2.13. The maximum atomic E-state index is 10.9. The van der Waals surface area contributed by atoms with Crippen LogP contribution in [-0.2, 0) is 20.6 Å². The Labute approximate surface area is 72.9 Å². The van der Waals surface area contributed by atoms with Gasteiger partial charge in [-0.05, 0) is 11.1 Å². The molecule has 0 saturated heterocycles. The Morgan fingerprint density at radius 2 is 2.42 bits per heavy atom. The maximum absolute atomic E-state index is 10.9. The van der Waals surface area contributed by atoms with Crippen molar-refractivity contribution >= 4 is 17.0 Å². The van der Waals surface area contributed by atoms with Gasteiger partial charge in [0.2, 0.25) is 0 Å². The minimum atomic E-state index is -2.72. The molecule has 5 nitrogen and oxygen atoms in total. The molecule has 0 aromatic carbocycles. The first-order chi connectivity index (χ1) is 5.49. The molecule has 0 radical (unpaired) electrons. The van der Waals surface area contributed by atoms with E-state index in [2.05, 4.69) is 11.3 Å². The molecule has 0 aromatic rings. The second kappa shape index (κ2) is 4.34. The van der Waals surface area contributed by atoms with Crippen LogP contribution in [0, 0.1) is 0 Å². The van der Waals surface area contributed by atoms with Gasteiger partial charge in [0.25, 0.3) is 0 Å². The molecule has 0 fully saturated rings. The van der Waals surface area contributed by atoms with Crippen LogP contribution in [0.1, 0.15) is 6.42 Å². The molecule has 0 heterocycles. The molecule has 0 aliphatic carbocycles. The molecule has 0 rings (SSSR count). The fourth-order valence-corrected chi connectivity index (χ4v) is 1.08. The van der Waals surface area contributed by atoms with Crippen LogP contribution in [0.3, 0.4) is 0 Å². The lowest BCUT2D eigenvalue weighted by atomic mass is 10.2. The van der Waals surface area contributed by atoms with Gasteiger partial charge in [0.05, 0.1) is 7.11 Å². The fourth-order valence-electron chi connectivity index (χ4n) is 0.607. The minimum absolute atomic E-state index is 0.171. The lowest BCUT2D eigenvalue weighted by molar-refractivity contribution is -0.143. The number of hydrogen-bond acceptors (Lipinski definition) is 5. The summed E-state index contributed by atoms with van der Waals surface area (Å²) in [5, 5.41) is 0. The van der Waals surface area contributed by atoms with E-state index < -0.39 is 21.9 Å². The molecular formula is C6H10NO4S-. The Kier molecular flexibility index (Phi) is 4.08. The van der Waals surface area contributed by atoms with E-state index in [1.54, 1.807) is 0 Å². The molecule has 0 aliphatic rings. The van der Waals surface area contributed by atoms with Crippen LogP contribution in [-0.4, -0.2) is 26.7 Å². The Hall–Kier alpha value is -0.720. The second-order valence-electron chi connectivity index (χ2n) is 2.11. The van der Waals surface area contributed by atoms with Crippen LogP contribution in [0.4, 0.5) is 0 Å². The molecular weight excluding hydrogens is 182 g/mol. The smallest absolute Gasteiger partial charge is 0.338 e. The van der Waals surface area contributed by atoms with Crippen molar-refractivity contribution in [2.24, 2.45) is 5.73 Å². The number of carbonyl (C=O) groups is 1. The highest BCUT2D eigenvalue weighted by molar-refractivity contribution is 7.81. The zero-order valence-electron chi connectivity index (χ0n) is 6.61. The van der Waals surface area contributed by atoms with Crippen molar-refractivity contribution in [3.8, 4) is 0 Å². The number of methoxy groups -OCH3 is 1. The van der Waals surface area contributed by atoms with Gasteiger partial charge in [-0.15, -0.1) is 6.58 Å². The van der Waals surface area contributed by atoms with E-state index in [4.69, 9.17) is 5.73 Å². The molecule has 0 bridgehead atoms. The molecule has 70 valence electrons.